The quantitative estimate of drug-likeness (QED) is 0.431. The topological polar surface area (TPSA) is 0 Å². The molecule has 0 saturated carbocycles. The van der Waals surface area contributed by atoms with E-state index in [0.717, 1.165) is 0 Å². The summed E-state index contributed by atoms with van der Waals surface area (Å²) in [7, 11) is -0.828. The lowest BCUT2D eigenvalue weighted by Gasteiger charge is -2.10. The van der Waals surface area contributed by atoms with Gasteiger partial charge in [0.25, 0.3) is 0 Å². The van der Waals surface area contributed by atoms with Crippen molar-refractivity contribution in [1.29, 1.82) is 0 Å². The molecule has 0 aliphatic rings. The lowest BCUT2D eigenvalue weighted by atomic mass is 10.5. The first-order chi connectivity index (χ1) is 4.56. The molecule has 0 aromatic rings. The predicted octanol–water partition coefficient (Wildman–Crippen LogP) is 3.46. The Labute approximate surface area is 65.7 Å². The molecule has 0 nitrogen and oxygen atoms in total. The number of rotatable bonds is 3. The van der Waals surface area contributed by atoms with E-state index in [2.05, 4.69) is 43.9 Å². The van der Waals surface area contributed by atoms with E-state index >= 15 is 0 Å². The van der Waals surface area contributed by atoms with Crippen molar-refractivity contribution >= 4 is 8.07 Å². The number of allylic oxidation sites excluding steroid dienone is 4. The summed E-state index contributed by atoms with van der Waals surface area (Å²) in [6.07, 6.45) is 8.55. The maximum atomic E-state index is 2.38. The van der Waals surface area contributed by atoms with Crippen LogP contribution in [0, 0.1) is 0 Å². The first-order valence-corrected chi connectivity index (χ1v) is 7.55. The standard InChI is InChI=1S/C9H18Si/c1-5-6-7-8-9-10(2,3)4/h5-8H,9H2,1-4H3/b6-5+,8-7-. The van der Waals surface area contributed by atoms with Gasteiger partial charge in [-0.3, -0.25) is 0 Å². The van der Waals surface area contributed by atoms with Crippen molar-refractivity contribution < 1.29 is 0 Å². The Morgan fingerprint density at radius 1 is 1.10 bits per heavy atom. The highest BCUT2D eigenvalue weighted by Crippen LogP contribution is 2.07. The lowest BCUT2D eigenvalue weighted by Crippen LogP contribution is -2.17. The van der Waals surface area contributed by atoms with Gasteiger partial charge in [0.15, 0.2) is 0 Å². The molecule has 0 fully saturated rings. The maximum absolute atomic E-state index is 2.38. The summed E-state index contributed by atoms with van der Waals surface area (Å²) < 4.78 is 0. The molecule has 0 aromatic carbocycles. The van der Waals surface area contributed by atoms with E-state index in [1.807, 2.05) is 6.92 Å². The molecule has 0 radical (unpaired) electrons. The molecule has 0 spiro atoms. The molecule has 1 heteroatoms. The fourth-order valence-corrected chi connectivity index (χ4v) is 1.45. The van der Waals surface area contributed by atoms with E-state index in [1.165, 1.54) is 6.04 Å². The highest BCUT2D eigenvalue weighted by atomic mass is 28.3. The Kier molecular flexibility index (Phi) is 4.37. The molecule has 0 unspecified atom stereocenters. The van der Waals surface area contributed by atoms with Crippen LogP contribution in [0.4, 0.5) is 0 Å². The summed E-state index contributed by atoms with van der Waals surface area (Å²) in [4.78, 5) is 0. The molecule has 0 rings (SSSR count). The van der Waals surface area contributed by atoms with Gasteiger partial charge in [-0.05, 0) is 13.0 Å². The van der Waals surface area contributed by atoms with E-state index < -0.39 is 8.07 Å². The Morgan fingerprint density at radius 2 is 1.70 bits per heavy atom. The second-order valence-electron chi connectivity index (χ2n) is 3.72. The fourth-order valence-electron chi connectivity index (χ4n) is 0.611. The zero-order valence-electron chi connectivity index (χ0n) is 7.52. The number of hydrogen-bond donors (Lipinski definition) is 0. The van der Waals surface area contributed by atoms with Crippen molar-refractivity contribution in [2.24, 2.45) is 0 Å². The first kappa shape index (κ1) is 9.70. The number of hydrogen-bond acceptors (Lipinski definition) is 0. The first-order valence-electron chi connectivity index (χ1n) is 3.84. The lowest BCUT2D eigenvalue weighted by molar-refractivity contribution is 1.51. The summed E-state index contributed by atoms with van der Waals surface area (Å²) >= 11 is 0. The van der Waals surface area contributed by atoms with E-state index in [9.17, 15) is 0 Å². The van der Waals surface area contributed by atoms with Gasteiger partial charge in [-0.2, -0.15) is 0 Å². The average molecular weight is 154 g/mol. The zero-order valence-corrected chi connectivity index (χ0v) is 8.52. The molecule has 0 aliphatic heterocycles. The molecule has 0 aromatic heterocycles. The van der Waals surface area contributed by atoms with Crippen LogP contribution in [0.15, 0.2) is 24.3 Å². The van der Waals surface area contributed by atoms with Crippen LogP contribution in [-0.4, -0.2) is 8.07 Å². The van der Waals surface area contributed by atoms with Crippen molar-refractivity contribution in [3.63, 3.8) is 0 Å². The van der Waals surface area contributed by atoms with Gasteiger partial charge in [0.1, 0.15) is 0 Å². The van der Waals surface area contributed by atoms with Crippen molar-refractivity contribution in [1.82, 2.24) is 0 Å². The molecule has 0 saturated heterocycles. The third-order valence-corrected chi connectivity index (χ3v) is 2.63. The second-order valence-corrected chi connectivity index (χ2v) is 9.25. The summed E-state index contributed by atoms with van der Waals surface area (Å²) in [6, 6.07) is 1.29. The third-order valence-electron chi connectivity index (χ3n) is 1.17. The van der Waals surface area contributed by atoms with E-state index in [0.29, 0.717) is 0 Å². The fraction of sp³-hybridized carbons (Fsp3) is 0.556. The van der Waals surface area contributed by atoms with E-state index in [-0.39, 0.29) is 0 Å². The van der Waals surface area contributed by atoms with E-state index in [4.69, 9.17) is 0 Å². The van der Waals surface area contributed by atoms with Crippen LogP contribution >= 0.6 is 0 Å². The molecule has 10 heavy (non-hydrogen) atoms. The summed E-state index contributed by atoms with van der Waals surface area (Å²) in [5, 5.41) is 0. The maximum Gasteiger partial charge on any atom is 0.0480 e. The van der Waals surface area contributed by atoms with Crippen LogP contribution < -0.4 is 0 Å². The largest absolute Gasteiger partial charge is 0.0877 e. The van der Waals surface area contributed by atoms with Crippen LogP contribution in [0.5, 0.6) is 0 Å². The second kappa shape index (κ2) is 4.50. The van der Waals surface area contributed by atoms with Gasteiger partial charge in [-0.15, -0.1) is 0 Å². The molecule has 0 atom stereocenters. The minimum Gasteiger partial charge on any atom is -0.0877 e. The van der Waals surface area contributed by atoms with Gasteiger partial charge in [-0.1, -0.05) is 43.9 Å². The molecule has 0 amide bonds. The predicted molar refractivity (Wildman–Crippen MR) is 52.1 cm³/mol. The molecule has 0 N–H and O–H groups in total. The van der Waals surface area contributed by atoms with Gasteiger partial charge >= 0.3 is 0 Å². The highest BCUT2D eigenvalue weighted by Gasteiger charge is 2.08. The summed E-state index contributed by atoms with van der Waals surface area (Å²) in [5.74, 6) is 0. The van der Waals surface area contributed by atoms with Gasteiger partial charge in [-0.25, -0.2) is 0 Å². The average Bonchev–Trinajstić information content (AvgIpc) is 1.78. The molecular formula is C9H18Si. The minimum absolute atomic E-state index is 0.828. The molecule has 0 aliphatic carbocycles. The molecule has 0 heterocycles. The van der Waals surface area contributed by atoms with Crippen LogP contribution in [0.3, 0.4) is 0 Å². The Balaban J connectivity index is 3.54. The van der Waals surface area contributed by atoms with E-state index in [1.54, 1.807) is 0 Å². The molecule has 58 valence electrons. The van der Waals surface area contributed by atoms with Crippen molar-refractivity contribution in [2.75, 3.05) is 0 Å². The normalized spacial score (nSPS) is 13.6. The summed E-state index contributed by atoms with van der Waals surface area (Å²) in [5.41, 5.74) is 0. The third kappa shape index (κ3) is 7.70. The van der Waals surface area contributed by atoms with Gasteiger partial charge < -0.3 is 0 Å². The van der Waals surface area contributed by atoms with Crippen molar-refractivity contribution in [2.45, 2.75) is 32.6 Å². The van der Waals surface area contributed by atoms with Gasteiger partial charge in [0, 0.05) is 8.07 Å². The summed E-state index contributed by atoms with van der Waals surface area (Å²) in [6.45, 7) is 9.19. The van der Waals surface area contributed by atoms with Gasteiger partial charge in [0.05, 0.1) is 0 Å². The Bertz CT molecular complexity index is 126. The zero-order chi connectivity index (χ0) is 8.04. The van der Waals surface area contributed by atoms with Crippen LogP contribution in [0.1, 0.15) is 6.92 Å². The van der Waals surface area contributed by atoms with Crippen LogP contribution in [-0.2, 0) is 0 Å². The molecular weight excluding hydrogens is 136 g/mol. The minimum atomic E-state index is -0.828. The van der Waals surface area contributed by atoms with Crippen LogP contribution in [0.25, 0.3) is 0 Å². The van der Waals surface area contributed by atoms with Crippen molar-refractivity contribution in [3.05, 3.63) is 24.3 Å². The SMILES string of the molecule is C/C=C/C=C\C[Si](C)(C)C. The smallest absolute Gasteiger partial charge is 0.0480 e. The Hall–Kier alpha value is -0.303. The van der Waals surface area contributed by atoms with Gasteiger partial charge in [0.2, 0.25) is 0 Å². The van der Waals surface area contributed by atoms with Crippen LogP contribution in [0.2, 0.25) is 25.7 Å². The molecule has 0 bridgehead atoms. The monoisotopic (exact) mass is 154 g/mol. The van der Waals surface area contributed by atoms with Crippen molar-refractivity contribution in [3.8, 4) is 0 Å². The highest BCUT2D eigenvalue weighted by molar-refractivity contribution is 6.76. The Morgan fingerprint density at radius 3 is 2.10 bits per heavy atom.